The fourth-order valence-corrected chi connectivity index (χ4v) is 0.748. The Labute approximate surface area is 87.8 Å². The maximum absolute atomic E-state index is 9.98. The molecular weight excluding hydrogens is 183 g/mol. The quantitative estimate of drug-likeness (QED) is 0.361. The number of rotatable bonds is 4. The molecular formula is C4H9NaO5S. The van der Waals surface area contributed by atoms with Crippen LogP contribution in [0.5, 0.6) is 0 Å². The number of methoxy groups -OCH3 is 1. The van der Waals surface area contributed by atoms with Gasteiger partial charge in [-0.3, -0.25) is 0 Å². The van der Waals surface area contributed by atoms with Gasteiger partial charge in [0.1, 0.15) is 15.6 Å². The predicted octanol–water partition coefficient (Wildman–Crippen LogP) is -4.11. The van der Waals surface area contributed by atoms with E-state index in [1.165, 1.54) is 7.11 Å². The maximum Gasteiger partial charge on any atom is 1.00 e. The third-order valence-corrected chi connectivity index (χ3v) is 1.80. The summed E-state index contributed by atoms with van der Waals surface area (Å²) in [7, 11) is -3.20. The average molecular weight is 192 g/mol. The molecule has 0 aliphatic rings. The Kier molecular flexibility index (Phi) is 8.30. The molecule has 0 spiro atoms. The first-order chi connectivity index (χ1) is 4.48. The van der Waals surface area contributed by atoms with E-state index >= 15 is 0 Å². The van der Waals surface area contributed by atoms with Crippen molar-refractivity contribution in [1.82, 2.24) is 0 Å². The van der Waals surface area contributed by atoms with Gasteiger partial charge in [-0.05, 0) is 0 Å². The maximum atomic E-state index is 9.98. The van der Waals surface area contributed by atoms with Crippen molar-refractivity contribution in [3.63, 3.8) is 0 Å². The van der Waals surface area contributed by atoms with Crippen LogP contribution in [0.3, 0.4) is 0 Å². The zero-order valence-electron chi connectivity index (χ0n) is 6.48. The molecule has 7 heteroatoms. The Morgan fingerprint density at radius 2 is 2.09 bits per heavy atom. The van der Waals surface area contributed by atoms with Crippen molar-refractivity contribution < 1.29 is 52.4 Å². The second kappa shape index (κ2) is 6.36. The molecule has 0 bridgehead atoms. The number of hydrogen-bond donors (Lipinski definition) is 1. The molecule has 0 saturated carbocycles. The summed E-state index contributed by atoms with van der Waals surface area (Å²) in [4.78, 5) is 0. The van der Waals surface area contributed by atoms with E-state index in [2.05, 4.69) is 4.74 Å². The first kappa shape index (κ1) is 14.4. The topological polar surface area (TPSA) is 86.7 Å². The summed E-state index contributed by atoms with van der Waals surface area (Å²) in [6.45, 7) is 0.0582. The minimum atomic E-state index is -4.55. The van der Waals surface area contributed by atoms with Crippen LogP contribution in [0.25, 0.3) is 0 Å². The van der Waals surface area contributed by atoms with Gasteiger partial charge in [-0.25, -0.2) is 8.42 Å². The van der Waals surface area contributed by atoms with Gasteiger partial charge in [0.15, 0.2) is 0 Å². The standard InChI is InChI=1S/C4H10O5S.Na/c1-9-3-2-4(5)10(6,7)8;/h4-5H,2-3H2,1H3,(H,6,7,8);/q;+1/p-1. The molecule has 0 aliphatic carbocycles. The molecule has 0 fully saturated rings. The first-order valence-electron chi connectivity index (χ1n) is 2.60. The molecule has 0 radical (unpaired) electrons. The van der Waals surface area contributed by atoms with E-state index < -0.39 is 15.6 Å². The Morgan fingerprint density at radius 1 is 1.64 bits per heavy atom. The van der Waals surface area contributed by atoms with Gasteiger partial charge < -0.3 is 14.4 Å². The second-order valence-electron chi connectivity index (χ2n) is 1.73. The van der Waals surface area contributed by atoms with Gasteiger partial charge >= 0.3 is 29.6 Å². The van der Waals surface area contributed by atoms with Crippen LogP contribution in [0, 0.1) is 0 Å². The fourth-order valence-electron chi connectivity index (χ4n) is 0.363. The molecule has 0 rings (SSSR count). The molecule has 1 atom stereocenters. The molecule has 0 amide bonds. The van der Waals surface area contributed by atoms with E-state index in [1.54, 1.807) is 0 Å². The van der Waals surface area contributed by atoms with Crippen LogP contribution in [0.2, 0.25) is 0 Å². The van der Waals surface area contributed by atoms with Gasteiger partial charge in [0.25, 0.3) is 0 Å². The molecule has 0 aromatic heterocycles. The summed E-state index contributed by atoms with van der Waals surface area (Å²) in [5, 5.41) is 8.54. The van der Waals surface area contributed by atoms with E-state index in [4.69, 9.17) is 5.11 Å². The smallest absolute Gasteiger partial charge is 0.746 e. The fraction of sp³-hybridized carbons (Fsp3) is 1.00. The minimum absolute atomic E-state index is 0. The monoisotopic (exact) mass is 192 g/mol. The van der Waals surface area contributed by atoms with Crippen molar-refractivity contribution in [2.75, 3.05) is 13.7 Å². The Balaban J connectivity index is 0. The number of aliphatic hydroxyl groups is 1. The van der Waals surface area contributed by atoms with E-state index in [0.717, 1.165) is 0 Å². The zero-order chi connectivity index (χ0) is 8.20. The van der Waals surface area contributed by atoms with Gasteiger partial charge in [0.2, 0.25) is 0 Å². The van der Waals surface area contributed by atoms with Crippen LogP contribution in [-0.4, -0.2) is 37.2 Å². The zero-order valence-corrected chi connectivity index (χ0v) is 9.30. The van der Waals surface area contributed by atoms with Crippen molar-refractivity contribution in [2.24, 2.45) is 0 Å². The molecule has 11 heavy (non-hydrogen) atoms. The molecule has 1 unspecified atom stereocenters. The van der Waals surface area contributed by atoms with Crippen molar-refractivity contribution in [3.05, 3.63) is 0 Å². The van der Waals surface area contributed by atoms with Crippen LogP contribution in [0.4, 0.5) is 0 Å². The Bertz CT molecular complexity index is 177. The Morgan fingerprint density at radius 3 is 2.36 bits per heavy atom. The van der Waals surface area contributed by atoms with Gasteiger partial charge in [0.05, 0.1) is 0 Å². The summed E-state index contributed by atoms with van der Waals surface area (Å²) >= 11 is 0. The summed E-state index contributed by atoms with van der Waals surface area (Å²) in [5.74, 6) is 0. The largest absolute Gasteiger partial charge is 1.00 e. The van der Waals surface area contributed by atoms with Gasteiger partial charge in [-0.15, -0.1) is 0 Å². The average Bonchev–Trinajstić information content (AvgIpc) is 1.80. The molecule has 0 aromatic rings. The van der Waals surface area contributed by atoms with E-state index in [1.807, 2.05) is 0 Å². The van der Waals surface area contributed by atoms with Crippen LogP contribution >= 0.6 is 0 Å². The molecule has 0 heterocycles. The van der Waals surface area contributed by atoms with E-state index in [0.29, 0.717) is 0 Å². The minimum Gasteiger partial charge on any atom is -0.746 e. The van der Waals surface area contributed by atoms with Crippen molar-refractivity contribution in [2.45, 2.75) is 11.9 Å². The van der Waals surface area contributed by atoms with Gasteiger partial charge in [-0.1, -0.05) is 0 Å². The SMILES string of the molecule is COCCC(O)S(=O)(=O)[O-].[Na+]. The Hall–Kier alpha value is 0.830. The van der Waals surface area contributed by atoms with E-state index in [9.17, 15) is 13.0 Å². The normalized spacial score (nSPS) is 13.7. The molecule has 0 aromatic carbocycles. The van der Waals surface area contributed by atoms with Crippen LogP contribution < -0.4 is 29.6 Å². The van der Waals surface area contributed by atoms with Crippen molar-refractivity contribution in [3.8, 4) is 0 Å². The van der Waals surface area contributed by atoms with Gasteiger partial charge in [-0.2, -0.15) is 0 Å². The molecule has 62 valence electrons. The summed E-state index contributed by atoms with van der Waals surface area (Å²) in [5.41, 5.74) is -1.84. The van der Waals surface area contributed by atoms with Crippen LogP contribution in [0.1, 0.15) is 6.42 Å². The molecule has 0 saturated heterocycles. The summed E-state index contributed by atoms with van der Waals surface area (Å²) < 4.78 is 34.4. The summed E-state index contributed by atoms with van der Waals surface area (Å²) in [6.07, 6.45) is -0.178. The van der Waals surface area contributed by atoms with Crippen LogP contribution in [0.15, 0.2) is 0 Å². The molecule has 5 nitrogen and oxygen atoms in total. The predicted molar refractivity (Wildman–Crippen MR) is 32.2 cm³/mol. The molecule has 0 aliphatic heterocycles. The third kappa shape index (κ3) is 7.20. The molecule has 1 N–H and O–H groups in total. The van der Waals surface area contributed by atoms with Gasteiger partial charge in [0, 0.05) is 20.1 Å². The number of hydrogen-bond acceptors (Lipinski definition) is 5. The first-order valence-corrected chi connectivity index (χ1v) is 4.07. The van der Waals surface area contributed by atoms with Crippen LogP contribution in [-0.2, 0) is 14.9 Å². The third-order valence-electron chi connectivity index (χ3n) is 0.902. The van der Waals surface area contributed by atoms with Crippen molar-refractivity contribution >= 4 is 10.1 Å². The summed E-state index contributed by atoms with van der Waals surface area (Å²) in [6, 6.07) is 0. The van der Waals surface area contributed by atoms with E-state index in [-0.39, 0.29) is 42.6 Å². The van der Waals surface area contributed by atoms with Crippen molar-refractivity contribution in [1.29, 1.82) is 0 Å². The second-order valence-corrected chi connectivity index (χ2v) is 3.26. The number of ether oxygens (including phenoxy) is 1. The number of aliphatic hydroxyl groups excluding tert-OH is 1.